The van der Waals surface area contributed by atoms with Crippen LogP contribution in [0, 0.1) is 6.92 Å². The van der Waals surface area contributed by atoms with Crippen LogP contribution in [0.4, 0.5) is 16.2 Å². The summed E-state index contributed by atoms with van der Waals surface area (Å²) in [7, 11) is 0. The number of para-hydroxylation sites is 1. The fourth-order valence-corrected chi connectivity index (χ4v) is 4.68. The van der Waals surface area contributed by atoms with Crippen LogP contribution in [0.15, 0.2) is 72.1 Å². The number of aryl methyl sites for hydroxylation is 1. The summed E-state index contributed by atoms with van der Waals surface area (Å²) in [5.74, 6) is -1.75. The maximum atomic E-state index is 13.2. The Bertz CT molecular complexity index is 1390. The molecule has 7 nitrogen and oxygen atoms in total. The number of thiophene rings is 1. The molecular weight excluding hydrogens is 486 g/mol. The Hall–Kier alpha value is -3.88. The van der Waals surface area contributed by atoms with Gasteiger partial charge in [-0.3, -0.25) is 4.79 Å². The number of anilines is 2. The maximum Gasteiger partial charge on any atom is 0.326 e. The highest BCUT2D eigenvalue weighted by atomic mass is 35.5. The van der Waals surface area contributed by atoms with Crippen molar-refractivity contribution >= 4 is 63.0 Å². The maximum absolute atomic E-state index is 13.2. The van der Waals surface area contributed by atoms with Gasteiger partial charge in [-0.25, -0.2) is 9.59 Å². The summed E-state index contributed by atoms with van der Waals surface area (Å²) in [5.41, 5.74) is 1.62. The lowest BCUT2D eigenvalue weighted by atomic mass is 10.0. The van der Waals surface area contributed by atoms with Crippen LogP contribution < -0.4 is 16.0 Å². The molecule has 4 aromatic rings. The minimum atomic E-state index is -1.14. The van der Waals surface area contributed by atoms with E-state index in [0.717, 1.165) is 21.2 Å². The van der Waals surface area contributed by atoms with Crippen molar-refractivity contribution in [2.24, 2.45) is 0 Å². The van der Waals surface area contributed by atoms with Gasteiger partial charge < -0.3 is 21.1 Å². The van der Waals surface area contributed by atoms with Gasteiger partial charge in [0, 0.05) is 11.3 Å². The Kier molecular flexibility index (Phi) is 7.33. The molecule has 0 spiro atoms. The quantitative estimate of drug-likeness (QED) is 0.248. The van der Waals surface area contributed by atoms with E-state index in [4.69, 9.17) is 11.6 Å². The lowest BCUT2D eigenvalue weighted by molar-refractivity contribution is -0.139. The first-order valence-corrected chi connectivity index (χ1v) is 12.0. The normalized spacial score (nSPS) is 11.6. The van der Waals surface area contributed by atoms with E-state index in [2.05, 4.69) is 16.0 Å². The van der Waals surface area contributed by atoms with Crippen LogP contribution in [0.3, 0.4) is 0 Å². The van der Waals surface area contributed by atoms with Gasteiger partial charge in [-0.1, -0.05) is 54.1 Å². The number of benzene rings is 3. The molecule has 0 saturated heterocycles. The molecule has 0 unspecified atom stereocenters. The van der Waals surface area contributed by atoms with Crippen molar-refractivity contribution in [1.29, 1.82) is 0 Å². The third kappa shape index (κ3) is 5.79. The molecule has 0 aliphatic carbocycles. The molecule has 0 aliphatic rings. The predicted molar refractivity (Wildman–Crippen MR) is 140 cm³/mol. The van der Waals surface area contributed by atoms with E-state index in [1.807, 2.05) is 54.8 Å². The molecule has 1 atom stereocenters. The summed E-state index contributed by atoms with van der Waals surface area (Å²) >= 11 is 7.64. The van der Waals surface area contributed by atoms with E-state index in [1.54, 1.807) is 24.3 Å². The molecule has 0 radical (unpaired) electrons. The van der Waals surface area contributed by atoms with Crippen LogP contribution >= 0.6 is 22.9 Å². The summed E-state index contributed by atoms with van der Waals surface area (Å²) in [6.07, 6.45) is 0.154. The van der Waals surface area contributed by atoms with Gasteiger partial charge in [-0.05, 0) is 52.9 Å². The van der Waals surface area contributed by atoms with Crippen molar-refractivity contribution in [3.8, 4) is 0 Å². The van der Waals surface area contributed by atoms with Gasteiger partial charge in [0.2, 0.25) is 0 Å². The molecule has 0 saturated carbocycles. The summed E-state index contributed by atoms with van der Waals surface area (Å²) in [6.45, 7) is 1.82. The molecule has 0 aliphatic heterocycles. The van der Waals surface area contributed by atoms with Gasteiger partial charge in [0.05, 0.1) is 22.0 Å². The average Bonchev–Trinajstić information content (AvgIpc) is 3.34. The standard InChI is InChI=1S/C26H22ClN3O4S/c1-15-6-4-10-20(27)23(15)30-26(34)29-21-13-17-8-3-2-7-16(17)12-19(21)24(31)28-22(25(32)33)14-18-9-5-11-35-18/h2-13,22H,14H2,1H3,(H,28,31)(H,32,33)(H2,29,30,34)/t22-/m0/s1. The van der Waals surface area contributed by atoms with Crippen LogP contribution in [-0.4, -0.2) is 29.1 Å². The smallest absolute Gasteiger partial charge is 0.326 e. The number of fused-ring (bicyclic) bond motifs is 1. The molecule has 9 heteroatoms. The van der Waals surface area contributed by atoms with Gasteiger partial charge in [-0.15, -0.1) is 11.3 Å². The van der Waals surface area contributed by atoms with Crippen molar-refractivity contribution < 1.29 is 19.5 Å². The zero-order chi connectivity index (χ0) is 24.9. The molecule has 3 aromatic carbocycles. The average molecular weight is 508 g/mol. The van der Waals surface area contributed by atoms with E-state index in [9.17, 15) is 19.5 Å². The van der Waals surface area contributed by atoms with Crippen molar-refractivity contribution in [3.63, 3.8) is 0 Å². The number of hydrogen-bond acceptors (Lipinski definition) is 4. The molecular formula is C26H22ClN3O4S. The lowest BCUT2D eigenvalue weighted by Gasteiger charge is -2.17. The third-order valence-corrected chi connectivity index (χ3v) is 6.64. The van der Waals surface area contributed by atoms with Crippen molar-refractivity contribution in [2.45, 2.75) is 19.4 Å². The number of nitrogens with one attached hydrogen (secondary N) is 3. The highest BCUT2D eigenvalue weighted by Crippen LogP contribution is 2.27. The van der Waals surface area contributed by atoms with Gasteiger partial charge in [-0.2, -0.15) is 0 Å². The van der Waals surface area contributed by atoms with Crippen LogP contribution in [0.25, 0.3) is 10.8 Å². The molecule has 3 amide bonds. The van der Waals surface area contributed by atoms with E-state index in [0.29, 0.717) is 10.7 Å². The number of carbonyl (C=O) groups is 3. The zero-order valence-electron chi connectivity index (χ0n) is 18.7. The van der Waals surface area contributed by atoms with Crippen LogP contribution in [0.5, 0.6) is 0 Å². The van der Waals surface area contributed by atoms with Gasteiger partial charge >= 0.3 is 12.0 Å². The lowest BCUT2D eigenvalue weighted by Crippen LogP contribution is -2.42. The minimum absolute atomic E-state index is 0.146. The first kappa shape index (κ1) is 24.3. The van der Waals surface area contributed by atoms with Crippen molar-refractivity contribution in [1.82, 2.24) is 5.32 Å². The van der Waals surface area contributed by atoms with E-state index in [1.165, 1.54) is 11.3 Å². The summed E-state index contributed by atoms with van der Waals surface area (Å²) in [5, 5.41) is 21.5. The summed E-state index contributed by atoms with van der Waals surface area (Å²) in [4.78, 5) is 38.7. The molecule has 4 N–H and O–H groups in total. The van der Waals surface area contributed by atoms with E-state index >= 15 is 0 Å². The number of halogens is 1. The molecule has 178 valence electrons. The highest BCUT2D eigenvalue weighted by molar-refractivity contribution is 7.09. The molecule has 0 fully saturated rings. The van der Waals surface area contributed by atoms with Crippen LogP contribution in [-0.2, 0) is 11.2 Å². The monoisotopic (exact) mass is 507 g/mol. The molecule has 1 aromatic heterocycles. The fraction of sp³-hybridized carbons (Fsp3) is 0.115. The van der Waals surface area contributed by atoms with E-state index in [-0.39, 0.29) is 17.7 Å². The second-order valence-corrected chi connectivity index (χ2v) is 9.34. The Morgan fingerprint density at radius 3 is 2.37 bits per heavy atom. The number of urea groups is 1. The number of carboxylic acid groups (broad SMARTS) is 1. The van der Waals surface area contributed by atoms with Gasteiger partial charge in [0.15, 0.2) is 0 Å². The number of carbonyl (C=O) groups excluding carboxylic acids is 2. The first-order valence-electron chi connectivity index (χ1n) is 10.7. The fourth-order valence-electron chi connectivity index (χ4n) is 3.65. The van der Waals surface area contributed by atoms with E-state index < -0.39 is 23.9 Å². The molecule has 4 rings (SSSR count). The van der Waals surface area contributed by atoms with Gasteiger partial charge in [0.1, 0.15) is 6.04 Å². The number of carboxylic acids is 1. The van der Waals surface area contributed by atoms with Crippen LogP contribution in [0.2, 0.25) is 5.02 Å². The number of rotatable bonds is 7. The Labute approximate surface area is 210 Å². The van der Waals surface area contributed by atoms with Crippen molar-refractivity contribution in [3.05, 3.63) is 93.1 Å². The Balaban J connectivity index is 1.63. The summed E-state index contributed by atoms with van der Waals surface area (Å²) < 4.78 is 0. The number of amides is 3. The topological polar surface area (TPSA) is 108 Å². The summed E-state index contributed by atoms with van der Waals surface area (Å²) in [6, 6.07) is 17.9. The number of hydrogen-bond donors (Lipinski definition) is 4. The van der Waals surface area contributed by atoms with Crippen molar-refractivity contribution in [2.75, 3.05) is 10.6 Å². The second-order valence-electron chi connectivity index (χ2n) is 7.90. The number of aliphatic carboxylic acids is 1. The predicted octanol–water partition coefficient (Wildman–Crippen LogP) is 5.93. The van der Waals surface area contributed by atoms with Gasteiger partial charge in [0.25, 0.3) is 5.91 Å². The molecule has 1 heterocycles. The Morgan fingerprint density at radius 1 is 0.971 bits per heavy atom. The Morgan fingerprint density at radius 2 is 1.71 bits per heavy atom. The minimum Gasteiger partial charge on any atom is -0.480 e. The zero-order valence-corrected chi connectivity index (χ0v) is 20.2. The third-order valence-electron chi connectivity index (χ3n) is 5.43. The second kappa shape index (κ2) is 10.6. The SMILES string of the molecule is Cc1cccc(Cl)c1NC(=O)Nc1cc2ccccc2cc1C(=O)N[C@@H](Cc1cccs1)C(=O)O. The largest absolute Gasteiger partial charge is 0.480 e. The molecule has 35 heavy (non-hydrogen) atoms. The van der Waals surface area contributed by atoms with Crippen LogP contribution in [0.1, 0.15) is 20.8 Å². The first-order chi connectivity index (χ1) is 16.8. The molecule has 0 bridgehead atoms. The highest BCUT2D eigenvalue weighted by Gasteiger charge is 2.24.